The Bertz CT molecular complexity index is 1010. The predicted octanol–water partition coefficient (Wildman–Crippen LogP) is 3.79. The van der Waals surface area contributed by atoms with Crippen LogP contribution in [0.3, 0.4) is 0 Å². The van der Waals surface area contributed by atoms with Gasteiger partial charge in [-0.05, 0) is 57.5 Å². The van der Waals surface area contributed by atoms with Gasteiger partial charge in [0.2, 0.25) is 0 Å². The lowest BCUT2D eigenvalue weighted by atomic mass is 9.89. The molecule has 0 amide bonds. The van der Waals surface area contributed by atoms with Crippen molar-refractivity contribution in [1.29, 1.82) is 0 Å². The number of rotatable bonds is 7. The molecule has 5 rings (SSSR count). The van der Waals surface area contributed by atoms with Gasteiger partial charge in [-0.15, -0.1) is 0 Å². The lowest BCUT2D eigenvalue weighted by Gasteiger charge is -2.45. The van der Waals surface area contributed by atoms with Crippen molar-refractivity contribution in [3.05, 3.63) is 34.6 Å². The molecular weight excluding hydrogens is 425 g/mol. The van der Waals surface area contributed by atoms with Gasteiger partial charge in [0.25, 0.3) is 5.56 Å². The maximum atomic E-state index is 13.7. The normalized spacial score (nSPS) is 26.4. The molecule has 2 aromatic rings. The fraction of sp³-hybridized carbons (Fsp3) is 0.692. The third-order valence-electron chi connectivity index (χ3n) is 8.28. The van der Waals surface area contributed by atoms with Gasteiger partial charge in [-0.2, -0.15) is 0 Å². The monoisotopic (exact) mass is 465 g/mol. The van der Waals surface area contributed by atoms with Crippen LogP contribution in [0.25, 0.3) is 11.0 Å². The van der Waals surface area contributed by atoms with E-state index in [1.165, 1.54) is 57.8 Å². The van der Waals surface area contributed by atoms with E-state index in [0.29, 0.717) is 31.0 Å². The summed E-state index contributed by atoms with van der Waals surface area (Å²) in [5.41, 5.74) is 1.80. The molecule has 3 fully saturated rings. The molecule has 2 aliphatic heterocycles. The number of hydrogen-bond acceptors (Lipinski definition) is 6. The Morgan fingerprint density at radius 3 is 2.32 bits per heavy atom. The number of benzene rings is 1. The molecule has 34 heavy (non-hydrogen) atoms. The van der Waals surface area contributed by atoms with Crippen molar-refractivity contribution in [3.8, 4) is 0 Å². The van der Waals surface area contributed by atoms with Crippen molar-refractivity contribution in [2.75, 3.05) is 18.4 Å². The molecule has 1 aromatic carbocycles. The largest absolute Gasteiger partial charge is 0.437 e. The van der Waals surface area contributed by atoms with E-state index in [2.05, 4.69) is 20.4 Å². The van der Waals surface area contributed by atoms with Crippen LogP contribution < -0.4 is 16.1 Å². The number of nitrogens with one attached hydrogen (secondary N) is 2. The van der Waals surface area contributed by atoms with Crippen molar-refractivity contribution in [2.24, 2.45) is 0 Å². The van der Waals surface area contributed by atoms with Gasteiger partial charge < -0.3 is 20.1 Å². The molecule has 184 valence electrons. The smallest absolute Gasteiger partial charge is 0.373 e. The summed E-state index contributed by atoms with van der Waals surface area (Å²) in [6.45, 7) is 2.80. The molecule has 0 spiro atoms. The Balaban J connectivity index is 1.39. The van der Waals surface area contributed by atoms with Crippen molar-refractivity contribution >= 4 is 23.9 Å². The fourth-order valence-corrected chi connectivity index (χ4v) is 6.82. The van der Waals surface area contributed by atoms with Gasteiger partial charge in [-0.3, -0.25) is 9.69 Å². The Morgan fingerprint density at radius 2 is 1.62 bits per heavy atom. The third-order valence-corrected chi connectivity index (χ3v) is 8.28. The first kappa shape index (κ1) is 23.8. The zero-order valence-corrected chi connectivity index (χ0v) is 20.6. The summed E-state index contributed by atoms with van der Waals surface area (Å²) in [6.07, 6.45) is 14.3. The first-order valence-electron chi connectivity index (χ1n) is 13.6. The lowest BCUT2D eigenvalue weighted by Crippen LogP contribution is -2.50. The van der Waals surface area contributed by atoms with Crippen LogP contribution in [0.15, 0.2) is 29.1 Å². The van der Waals surface area contributed by atoms with Gasteiger partial charge in [0.15, 0.2) is 5.82 Å². The topological polar surface area (TPSA) is 82.4 Å². The first-order chi connectivity index (χ1) is 16.6. The molecular formula is C26H40BN5O2. The maximum absolute atomic E-state index is 13.7. The van der Waals surface area contributed by atoms with E-state index in [1.54, 1.807) is 6.82 Å². The molecule has 3 aliphatic rings. The van der Waals surface area contributed by atoms with Crippen LogP contribution in [-0.2, 0) is 0 Å². The van der Waals surface area contributed by atoms with Crippen LogP contribution in [0.4, 0.5) is 5.82 Å². The van der Waals surface area contributed by atoms with Crippen LogP contribution in [0, 0.1) is 0 Å². The zero-order chi connectivity index (χ0) is 23.5. The summed E-state index contributed by atoms with van der Waals surface area (Å²) in [5, 5.41) is 15.6. The minimum Gasteiger partial charge on any atom is -0.437 e. The second kappa shape index (κ2) is 10.8. The first-order valence-corrected chi connectivity index (χ1v) is 13.6. The van der Waals surface area contributed by atoms with Crippen LogP contribution in [0.2, 0.25) is 6.82 Å². The minimum absolute atomic E-state index is 0.0143. The fourth-order valence-electron chi connectivity index (χ4n) is 6.82. The van der Waals surface area contributed by atoms with Crippen LogP contribution in [0.1, 0.15) is 76.7 Å². The zero-order valence-electron chi connectivity index (χ0n) is 20.6. The molecule has 1 aliphatic carbocycles. The molecule has 3 N–H and O–H groups in total. The molecule has 0 radical (unpaired) electrons. The number of nitrogens with zero attached hydrogens (tertiary/aromatic N) is 3. The number of fused-ring (bicyclic) bond motifs is 3. The Morgan fingerprint density at radius 1 is 0.941 bits per heavy atom. The van der Waals surface area contributed by atoms with Crippen LogP contribution in [0.5, 0.6) is 0 Å². The molecule has 1 aromatic heterocycles. The predicted molar refractivity (Wildman–Crippen MR) is 139 cm³/mol. The van der Waals surface area contributed by atoms with Crippen LogP contribution in [-0.4, -0.2) is 57.7 Å². The molecule has 2 saturated heterocycles. The van der Waals surface area contributed by atoms with Gasteiger partial charge in [0, 0.05) is 37.3 Å². The molecule has 2 bridgehead atoms. The van der Waals surface area contributed by atoms with E-state index < -0.39 is 7.05 Å². The summed E-state index contributed by atoms with van der Waals surface area (Å²) in [5.74, 6) is 0.417. The highest BCUT2D eigenvalue weighted by molar-refractivity contribution is 6.45. The number of anilines is 1. The number of hydrogen-bond donors (Lipinski definition) is 3. The lowest BCUT2D eigenvalue weighted by molar-refractivity contribution is 0.0498. The third kappa shape index (κ3) is 5.04. The van der Waals surface area contributed by atoms with E-state index in [0.717, 1.165) is 29.9 Å². The summed E-state index contributed by atoms with van der Waals surface area (Å²) < 4.78 is 2.05. The van der Waals surface area contributed by atoms with Crippen molar-refractivity contribution < 1.29 is 5.02 Å². The maximum Gasteiger partial charge on any atom is 0.373 e. The van der Waals surface area contributed by atoms with E-state index in [9.17, 15) is 9.82 Å². The van der Waals surface area contributed by atoms with Crippen LogP contribution >= 0.6 is 0 Å². The molecule has 3 atom stereocenters. The van der Waals surface area contributed by atoms with Gasteiger partial charge in [0.1, 0.15) is 0 Å². The SMILES string of the molecule is CB(O)NCCNc1nc2ccccc2n(C2C[C@H]3CC[C@@H](C2)N3C2CCCCCCC2)c1=O. The highest BCUT2D eigenvalue weighted by atomic mass is 16.2. The molecule has 7 nitrogen and oxygen atoms in total. The number of para-hydroxylation sites is 2. The average molecular weight is 465 g/mol. The highest BCUT2D eigenvalue weighted by Gasteiger charge is 2.44. The van der Waals surface area contributed by atoms with E-state index >= 15 is 0 Å². The summed E-state index contributed by atoms with van der Waals surface area (Å²) in [7, 11) is -0.568. The van der Waals surface area contributed by atoms with Gasteiger partial charge in [0.05, 0.1) is 11.0 Å². The van der Waals surface area contributed by atoms with Gasteiger partial charge >= 0.3 is 7.05 Å². The highest BCUT2D eigenvalue weighted by Crippen LogP contribution is 2.44. The molecule has 1 unspecified atom stereocenters. The summed E-state index contributed by atoms with van der Waals surface area (Å²) in [4.78, 5) is 21.2. The number of aromatic nitrogens is 2. The second-order valence-corrected chi connectivity index (χ2v) is 10.6. The molecule has 3 heterocycles. The second-order valence-electron chi connectivity index (χ2n) is 10.6. The Kier molecular flexibility index (Phi) is 7.56. The van der Waals surface area contributed by atoms with Crippen molar-refractivity contribution in [1.82, 2.24) is 19.7 Å². The van der Waals surface area contributed by atoms with Gasteiger partial charge in [-0.25, -0.2) is 4.98 Å². The van der Waals surface area contributed by atoms with Gasteiger partial charge in [-0.1, -0.05) is 44.2 Å². The molecule has 8 heteroatoms. The standard InChI is InChI=1S/C26H40BN5O2/c1-27(34)29-16-15-28-25-26(33)32(24-12-8-7-11-23(24)30-25)22-17-20-13-14-21(18-22)31(20)19-9-5-3-2-4-6-10-19/h7-8,11-12,19-22,29,34H,2-6,9-10,13-18H2,1H3,(H,28,30)/t20-,21+,22?. The van der Waals surface area contributed by atoms with Crippen molar-refractivity contribution in [3.63, 3.8) is 0 Å². The summed E-state index contributed by atoms with van der Waals surface area (Å²) >= 11 is 0. The van der Waals surface area contributed by atoms with E-state index in [4.69, 9.17) is 0 Å². The van der Waals surface area contributed by atoms with E-state index in [-0.39, 0.29) is 11.6 Å². The Labute approximate surface area is 203 Å². The summed E-state index contributed by atoms with van der Waals surface area (Å²) in [6, 6.07) is 10.2. The average Bonchev–Trinajstić information content (AvgIpc) is 3.05. The van der Waals surface area contributed by atoms with Crippen molar-refractivity contribution in [2.45, 2.75) is 102 Å². The quantitative estimate of drug-likeness (QED) is 0.427. The molecule has 1 saturated carbocycles. The number of piperidine rings is 1. The Hall–Kier alpha value is -1.90. The van der Waals surface area contributed by atoms with E-state index in [1.807, 2.05) is 28.8 Å². The minimum atomic E-state index is -0.568.